The molecule has 0 saturated heterocycles. The van der Waals surface area contributed by atoms with Crippen LogP contribution in [0.5, 0.6) is 17.2 Å². The number of nitrogens with zero attached hydrogens (tertiary/aromatic N) is 1. The summed E-state index contributed by atoms with van der Waals surface area (Å²) in [5, 5.41) is 41.7. The zero-order chi connectivity index (χ0) is 17.7. The number of carbonyl (C=O) groups is 2. The number of hydrogen-bond acceptors (Lipinski definition) is 6. The minimum absolute atomic E-state index is 0.0963. The van der Waals surface area contributed by atoms with Gasteiger partial charge in [0.15, 0.2) is 17.2 Å². The van der Waals surface area contributed by atoms with Gasteiger partial charge in [0.1, 0.15) is 6.42 Å². The number of nitriles is 1. The highest BCUT2D eigenvalue weighted by Crippen LogP contribution is 2.35. The smallest absolute Gasteiger partial charge is 0.255 e. The molecule has 0 heterocycles. The zero-order valence-corrected chi connectivity index (χ0v) is 12.3. The third-order valence-electron chi connectivity index (χ3n) is 3.02. The molecule has 0 aliphatic heterocycles. The lowest BCUT2D eigenvalue weighted by atomic mass is 10.1. The van der Waals surface area contributed by atoms with Crippen LogP contribution in [0.25, 0.3) is 0 Å². The molecule has 8 nitrogen and oxygen atoms in total. The fourth-order valence-electron chi connectivity index (χ4n) is 1.90. The van der Waals surface area contributed by atoms with E-state index in [1.54, 1.807) is 18.2 Å². The first-order chi connectivity index (χ1) is 11.4. The summed E-state index contributed by atoms with van der Waals surface area (Å²) in [4.78, 5) is 23.7. The number of anilines is 2. The Morgan fingerprint density at radius 3 is 2.08 bits per heavy atom. The van der Waals surface area contributed by atoms with Crippen LogP contribution in [-0.4, -0.2) is 27.1 Å². The molecule has 0 aliphatic carbocycles. The highest BCUT2D eigenvalue weighted by molar-refractivity contribution is 6.07. The predicted octanol–water partition coefficient (Wildman–Crippen LogP) is 1.91. The summed E-state index contributed by atoms with van der Waals surface area (Å²) in [6.45, 7) is 0. The van der Waals surface area contributed by atoms with Crippen LogP contribution < -0.4 is 10.6 Å². The number of carbonyl (C=O) groups excluding carboxylic acids is 2. The minimum Gasteiger partial charge on any atom is -0.504 e. The normalized spacial score (nSPS) is 9.79. The molecule has 0 spiro atoms. The Bertz CT molecular complexity index is 819. The Morgan fingerprint density at radius 2 is 1.54 bits per heavy atom. The fourth-order valence-corrected chi connectivity index (χ4v) is 1.90. The third-order valence-corrected chi connectivity index (χ3v) is 3.02. The van der Waals surface area contributed by atoms with Crippen LogP contribution in [0, 0.1) is 11.3 Å². The van der Waals surface area contributed by atoms with E-state index >= 15 is 0 Å². The van der Waals surface area contributed by atoms with Gasteiger partial charge in [-0.1, -0.05) is 12.1 Å². The monoisotopic (exact) mass is 327 g/mol. The molecule has 2 aromatic rings. The van der Waals surface area contributed by atoms with Crippen LogP contribution >= 0.6 is 0 Å². The molecule has 122 valence electrons. The van der Waals surface area contributed by atoms with E-state index < -0.39 is 29.1 Å². The van der Waals surface area contributed by atoms with Gasteiger partial charge in [0, 0.05) is 5.56 Å². The van der Waals surface area contributed by atoms with Crippen molar-refractivity contribution in [1.29, 1.82) is 5.26 Å². The van der Waals surface area contributed by atoms with Crippen LogP contribution in [0.15, 0.2) is 36.4 Å². The van der Waals surface area contributed by atoms with Crippen molar-refractivity contribution in [3.63, 3.8) is 0 Å². The molecule has 2 rings (SSSR count). The van der Waals surface area contributed by atoms with Crippen LogP contribution in [0.3, 0.4) is 0 Å². The number of phenolic OH excluding ortho intramolecular Hbond substituents is 3. The molecule has 2 amide bonds. The number of aromatic hydroxyl groups is 3. The Morgan fingerprint density at radius 1 is 1.00 bits per heavy atom. The van der Waals surface area contributed by atoms with Crippen molar-refractivity contribution in [1.82, 2.24) is 0 Å². The molecule has 0 bridgehead atoms. The number of para-hydroxylation sites is 2. The van der Waals surface area contributed by atoms with Crippen molar-refractivity contribution in [3.05, 3.63) is 42.0 Å². The van der Waals surface area contributed by atoms with Gasteiger partial charge in [0.2, 0.25) is 5.91 Å². The van der Waals surface area contributed by atoms with Gasteiger partial charge >= 0.3 is 0 Å². The summed E-state index contributed by atoms with van der Waals surface area (Å²) in [7, 11) is 0. The lowest BCUT2D eigenvalue weighted by Gasteiger charge is -2.12. The largest absolute Gasteiger partial charge is 0.504 e. The van der Waals surface area contributed by atoms with E-state index in [4.69, 9.17) is 5.26 Å². The van der Waals surface area contributed by atoms with Crippen molar-refractivity contribution < 1.29 is 24.9 Å². The molecule has 0 radical (unpaired) electrons. The maximum Gasteiger partial charge on any atom is 0.255 e. The highest BCUT2D eigenvalue weighted by Gasteiger charge is 2.15. The van der Waals surface area contributed by atoms with Crippen molar-refractivity contribution >= 4 is 23.2 Å². The maximum atomic E-state index is 12.2. The Hall–Kier alpha value is -3.73. The predicted molar refractivity (Wildman–Crippen MR) is 84.7 cm³/mol. The van der Waals surface area contributed by atoms with E-state index in [1.165, 1.54) is 12.1 Å². The zero-order valence-electron chi connectivity index (χ0n) is 12.3. The molecular weight excluding hydrogens is 314 g/mol. The quantitative estimate of drug-likeness (QED) is 0.543. The lowest BCUT2D eigenvalue weighted by molar-refractivity contribution is -0.115. The van der Waals surface area contributed by atoms with E-state index in [-0.39, 0.29) is 17.7 Å². The molecule has 0 atom stereocenters. The molecule has 24 heavy (non-hydrogen) atoms. The lowest BCUT2D eigenvalue weighted by Crippen LogP contribution is -2.16. The average molecular weight is 327 g/mol. The summed E-state index contributed by atoms with van der Waals surface area (Å²) in [6.07, 6.45) is -0.331. The van der Waals surface area contributed by atoms with E-state index in [2.05, 4.69) is 10.6 Å². The molecule has 0 aromatic heterocycles. The standard InChI is InChI=1S/C16H13N3O5/c17-6-5-14(22)18-10-3-1-2-4-11(10)19-16(24)9-7-12(20)15(23)13(21)8-9/h1-4,7-8,20-21,23H,5H2,(H,18,22)(H,19,24). The first kappa shape index (κ1) is 16.6. The van der Waals surface area contributed by atoms with Crippen molar-refractivity contribution in [2.24, 2.45) is 0 Å². The minimum atomic E-state index is -0.726. The summed E-state index contributed by atoms with van der Waals surface area (Å²) in [5.41, 5.74) is 0.458. The van der Waals surface area contributed by atoms with Gasteiger partial charge in [-0.15, -0.1) is 0 Å². The van der Waals surface area contributed by atoms with Crippen molar-refractivity contribution in [3.8, 4) is 23.3 Å². The molecule has 0 fully saturated rings. The molecular formula is C16H13N3O5. The van der Waals surface area contributed by atoms with Crippen LogP contribution in [0.1, 0.15) is 16.8 Å². The van der Waals surface area contributed by atoms with Crippen LogP contribution in [-0.2, 0) is 4.79 Å². The second-order valence-corrected chi connectivity index (χ2v) is 4.75. The SMILES string of the molecule is N#CCC(=O)Nc1ccccc1NC(=O)c1cc(O)c(O)c(O)c1. The molecule has 0 unspecified atom stereocenters. The summed E-state index contributed by atoms with van der Waals surface area (Å²) < 4.78 is 0. The molecule has 0 saturated carbocycles. The molecule has 2 aromatic carbocycles. The number of nitrogens with one attached hydrogen (secondary N) is 2. The van der Waals surface area contributed by atoms with E-state index in [0.29, 0.717) is 5.69 Å². The Kier molecular flexibility index (Phi) is 4.87. The van der Waals surface area contributed by atoms with Gasteiger partial charge in [0.05, 0.1) is 17.4 Å². The first-order valence-corrected chi connectivity index (χ1v) is 6.74. The summed E-state index contributed by atoms with van der Waals surface area (Å²) in [5.74, 6) is -3.22. The Balaban J connectivity index is 2.24. The van der Waals surface area contributed by atoms with Gasteiger partial charge in [0.25, 0.3) is 5.91 Å². The second-order valence-electron chi connectivity index (χ2n) is 4.75. The van der Waals surface area contributed by atoms with Gasteiger partial charge < -0.3 is 26.0 Å². The summed E-state index contributed by atoms with van der Waals surface area (Å²) >= 11 is 0. The van der Waals surface area contributed by atoms with E-state index in [1.807, 2.05) is 0 Å². The van der Waals surface area contributed by atoms with Gasteiger partial charge in [-0.3, -0.25) is 9.59 Å². The maximum absolute atomic E-state index is 12.2. The highest BCUT2D eigenvalue weighted by atomic mass is 16.3. The topological polar surface area (TPSA) is 143 Å². The summed E-state index contributed by atoms with van der Waals surface area (Å²) in [6, 6.07) is 10.0. The fraction of sp³-hybridized carbons (Fsp3) is 0.0625. The average Bonchev–Trinajstić information content (AvgIpc) is 2.54. The third kappa shape index (κ3) is 3.72. The number of rotatable bonds is 4. The van der Waals surface area contributed by atoms with Crippen LogP contribution in [0.2, 0.25) is 0 Å². The van der Waals surface area contributed by atoms with E-state index in [9.17, 15) is 24.9 Å². The van der Waals surface area contributed by atoms with E-state index in [0.717, 1.165) is 12.1 Å². The molecule has 8 heteroatoms. The van der Waals surface area contributed by atoms with Gasteiger partial charge in [-0.25, -0.2) is 0 Å². The van der Waals surface area contributed by atoms with Crippen molar-refractivity contribution in [2.75, 3.05) is 10.6 Å². The van der Waals surface area contributed by atoms with Crippen molar-refractivity contribution in [2.45, 2.75) is 6.42 Å². The number of phenols is 3. The van der Waals surface area contributed by atoms with Crippen LogP contribution in [0.4, 0.5) is 11.4 Å². The number of benzene rings is 2. The number of amides is 2. The molecule has 5 N–H and O–H groups in total. The second kappa shape index (κ2) is 7.02. The number of hydrogen-bond donors (Lipinski definition) is 5. The van der Waals surface area contributed by atoms with Gasteiger partial charge in [-0.2, -0.15) is 5.26 Å². The Labute approximate surface area is 136 Å². The first-order valence-electron chi connectivity index (χ1n) is 6.74. The van der Waals surface area contributed by atoms with Gasteiger partial charge in [-0.05, 0) is 24.3 Å². The molecule has 0 aliphatic rings.